The smallest absolute Gasteiger partial charge is 0.159 e. The predicted octanol–water partition coefficient (Wildman–Crippen LogP) is 17.3. The zero-order valence-electron chi connectivity index (χ0n) is 37.1. The maximum absolute atomic E-state index is 9.89. The van der Waals surface area contributed by atoms with Crippen LogP contribution in [0.25, 0.3) is 87.3 Å². The van der Waals surface area contributed by atoms with Crippen molar-refractivity contribution in [3.8, 4) is 23.3 Å². The lowest BCUT2D eigenvalue weighted by Gasteiger charge is -2.29. The summed E-state index contributed by atoms with van der Waals surface area (Å²) in [6.07, 6.45) is 0. The number of aryl methyl sites for hydroxylation is 2. The number of furan rings is 2. The van der Waals surface area contributed by atoms with Crippen LogP contribution in [0.15, 0.2) is 203 Å². The summed E-state index contributed by atoms with van der Waals surface area (Å²) in [5, 5.41) is 30.5. The van der Waals surface area contributed by atoms with Crippen LogP contribution in [-0.4, -0.2) is 0 Å². The first kappa shape index (κ1) is 39.0. The van der Waals surface area contributed by atoms with Crippen molar-refractivity contribution in [2.45, 2.75) is 13.8 Å². The summed E-state index contributed by atoms with van der Waals surface area (Å²) >= 11 is 0. The fraction of sp³-hybridized carbons (Fsp3) is 0.0323. The monoisotopic (exact) mass is 870 g/mol. The van der Waals surface area contributed by atoms with Gasteiger partial charge < -0.3 is 18.6 Å². The minimum absolute atomic E-state index is 0.585. The highest BCUT2D eigenvalue weighted by molar-refractivity contribution is 6.29. The van der Waals surface area contributed by atoms with Crippen molar-refractivity contribution in [1.82, 2.24) is 0 Å². The lowest BCUT2D eigenvalue weighted by molar-refractivity contribution is 0.666. The van der Waals surface area contributed by atoms with Crippen LogP contribution in [0, 0.1) is 36.5 Å². The van der Waals surface area contributed by atoms with Crippen LogP contribution in [0.1, 0.15) is 22.3 Å². The highest BCUT2D eigenvalue weighted by Gasteiger charge is 2.26. The van der Waals surface area contributed by atoms with Gasteiger partial charge in [-0.25, -0.2) is 0 Å². The first-order chi connectivity index (χ1) is 33.5. The minimum atomic E-state index is 0.585. The molecule has 0 spiro atoms. The summed E-state index contributed by atoms with van der Waals surface area (Å²) < 4.78 is 13.9. The number of hydrogen-bond donors (Lipinski definition) is 0. The van der Waals surface area contributed by atoms with Gasteiger partial charge in [0.2, 0.25) is 0 Å². The number of benzene rings is 11. The first-order valence-corrected chi connectivity index (χ1v) is 22.7. The maximum atomic E-state index is 9.89. The average Bonchev–Trinajstić information content (AvgIpc) is 3.98. The summed E-state index contributed by atoms with van der Waals surface area (Å²) in [5.74, 6) is 0. The van der Waals surface area contributed by atoms with E-state index in [9.17, 15) is 10.5 Å². The number of fused-ring (bicyclic) bond motifs is 6. The van der Waals surface area contributed by atoms with Gasteiger partial charge in [0.25, 0.3) is 0 Å². The van der Waals surface area contributed by atoms with E-state index in [1.54, 1.807) is 0 Å². The molecule has 0 aliphatic carbocycles. The third-order valence-electron chi connectivity index (χ3n) is 13.7. The topological polar surface area (TPSA) is 80.3 Å². The molecule has 0 bridgehead atoms. The van der Waals surface area contributed by atoms with E-state index in [4.69, 9.17) is 8.83 Å². The Morgan fingerprint density at radius 3 is 1.29 bits per heavy atom. The molecule has 11 aromatic carbocycles. The molecule has 13 aromatic rings. The molecule has 0 unspecified atom stereocenters. The highest BCUT2D eigenvalue weighted by Crippen LogP contribution is 2.51. The van der Waals surface area contributed by atoms with Gasteiger partial charge >= 0.3 is 0 Å². The van der Waals surface area contributed by atoms with Crippen molar-refractivity contribution in [2.75, 3.05) is 9.80 Å². The van der Waals surface area contributed by atoms with Crippen LogP contribution in [0.5, 0.6) is 0 Å². The average molecular weight is 871 g/mol. The Bertz CT molecular complexity index is 4260. The summed E-state index contributed by atoms with van der Waals surface area (Å²) in [4.78, 5) is 4.55. The lowest BCUT2D eigenvalue weighted by atomic mass is 9.91. The molecule has 13 rings (SSSR count). The Labute approximate surface area is 391 Å². The van der Waals surface area contributed by atoms with E-state index in [0.717, 1.165) is 127 Å². The number of para-hydroxylation sites is 4. The number of nitriles is 2. The van der Waals surface area contributed by atoms with Crippen LogP contribution in [0.2, 0.25) is 0 Å². The third-order valence-corrected chi connectivity index (χ3v) is 13.7. The predicted molar refractivity (Wildman–Crippen MR) is 278 cm³/mol. The van der Waals surface area contributed by atoms with Gasteiger partial charge in [-0.1, -0.05) is 121 Å². The van der Waals surface area contributed by atoms with Gasteiger partial charge in [-0.3, -0.25) is 0 Å². The van der Waals surface area contributed by atoms with E-state index < -0.39 is 0 Å². The van der Waals surface area contributed by atoms with Gasteiger partial charge in [-0.2, -0.15) is 10.5 Å². The SMILES string of the molecule is Cc1ccccc1-c1cccc2c1oc1c(N(c3ccc(C#N)cc3)c3ccc4ccc5c(N(c6ccc(C#N)cc6)c6cccc7c6oc6c(C)cccc67)ccc6ccc3c4c65)cccc12. The molecule has 0 aliphatic heterocycles. The molecule has 0 radical (unpaired) electrons. The fourth-order valence-electron chi connectivity index (χ4n) is 10.5. The summed E-state index contributed by atoms with van der Waals surface area (Å²) in [7, 11) is 0. The summed E-state index contributed by atoms with van der Waals surface area (Å²) in [6, 6.07) is 71.7. The second-order valence-electron chi connectivity index (χ2n) is 17.5. The van der Waals surface area contributed by atoms with Gasteiger partial charge in [0.1, 0.15) is 11.2 Å². The van der Waals surface area contributed by atoms with Crippen LogP contribution >= 0.6 is 0 Å². The second kappa shape index (κ2) is 15.1. The molecule has 0 amide bonds. The van der Waals surface area contributed by atoms with Gasteiger partial charge in [-0.05, 0) is 125 Å². The van der Waals surface area contributed by atoms with E-state index >= 15 is 0 Å². The van der Waals surface area contributed by atoms with Crippen molar-refractivity contribution in [3.63, 3.8) is 0 Å². The van der Waals surface area contributed by atoms with Gasteiger partial charge in [-0.15, -0.1) is 0 Å². The van der Waals surface area contributed by atoms with Crippen LogP contribution in [0.4, 0.5) is 34.1 Å². The summed E-state index contributed by atoms with van der Waals surface area (Å²) in [6.45, 7) is 4.22. The number of nitrogens with zero attached hydrogens (tertiary/aromatic N) is 4. The zero-order valence-corrected chi connectivity index (χ0v) is 37.1. The Morgan fingerprint density at radius 2 is 0.765 bits per heavy atom. The Balaban J connectivity index is 1.07. The van der Waals surface area contributed by atoms with Crippen molar-refractivity contribution in [2.24, 2.45) is 0 Å². The van der Waals surface area contributed by atoms with E-state index in [1.807, 2.05) is 48.5 Å². The van der Waals surface area contributed by atoms with E-state index in [1.165, 1.54) is 5.56 Å². The molecule has 68 heavy (non-hydrogen) atoms. The maximum Gasteiger partial charge on any atom is 0.159 e. The third kappa shape index (κ3) is 5.82. The number of hydrogen-bond acceptors (Lipinski definition) is 6. The van der Waals surface area contributed by atoms with Gasteiger partial charge in [0, 0.05) is 49.3 Å². The molecule has 2 heterocycles. The van der Waals surface area contributed by atoms with Crippen molar-refractivity contribution in [1.29, 1.82) is 10.5 Å². The Kier molecular flexibility index (Phi) is 8.67. The molecule has 318 valence electrons. The second-order valence-corrected chi connectivity index (χ2v) is 17.5. The molecule has 0 saturated heterocycles. The zero-order chi connectivity index (χ0) is 45.6. The Hall–Kier alpha value is -9.36. The first-order valence-electron chi connectivity index (χ1n) is 22.7. The quantitative estimate of drug-likeness (QED) is 0.148. The molecule has 2 aromatic heterocycles. The van der Waals surface area contributed by atoms with E-state index in [0.29, 0.717) is 11.1 Å². The van der Waals surface area contributed by atoms with E-state index in [2.05, 4.69) is 181 Å². The Morgan fingerprint density at radius 1 is 0.338 bits per heavy atom. The molecular weight excluding hydrogens is 833 g/mol. The minimum Gasteiger partial charge on any atom is -0.454 e. The molecule has 0 aliphatic rings. The molecule has 0 saturated carbocycles. The molecule has 0 fully saturated rings. The van der Waals surface area contributed by atoms with Crippen molar-refractivity contribution >= 4 is 110 Å². The number of anilines is 6. The standard InChI is InChI=1S/C62H38N4O2/c1-37-9-3-4-11-45(37)46-13-6-14-48-50-16-8-18-56(62(50)68-60(46)48)66(44-29-21-40(36-64)22-30-44)54-34-26-42-23-31-51-53(33-25-41-24-32-52(54)58(42)57(41)51)65(43-27-19-39(35-63)20-28-43)55-17-7-15-49-47-12-5-10-38(2)59(47)67-61(49)55/h3-34H,1-2H3. The van der Waals surface area contributed by atoms with Crippen LogP contribution in [0.3, 0.4) is 0 Å². The van der Waals surface area contributed by atoms with E-state index in [-0.39, 0.29) is 0 Å². The molecule has 0 atom stereocenters. The fourth-order valence-corrected chi connectivity index (χ4v) is 10.5. The number of rotatable bonds is 7. The molecule has 6 heteroatoms. The van der Waals surface area contributed by atoms with Gasteiger partial charge in [0.15, 0.2) is 11.2 Å². The molecule has 6 nitrogen and oxygen atoms in total. The van der Waals surface area contributed by atoms with Crippen molar-refractivity contribution < 1.29 is 8.83 Å². The van der Waals surface area contributed by atoms with Gasteiger partial charge in [0.05, 0.1) is 46.0 Å². The van der Waals surface area contributed by atoms with Crippen LogP contribution < -0.4 is 9.80 Å². The largest absolute Gasteiger partial charge is 0.454 e. The summed E-state index contributed by atoms with van der Waals surface area (Å²) in [5.41, 5.74) is 14.4. The lowest BCUT2D eigenvalue weighted by Crippen LogP contribution is -2.12. The molecular formula is C62H38N4O2. The normalized spacial score (nSPS) is 11.6. The van der Waals surface area contributed by atoms with Crippen molar-refractivity contribution in [3.05, 3.63) is 216 Å². The highest BCUT2D eigenvalue weighted by atomic mass is 16.3. The molecule has 0 N–H and O–H groups in total. The van der Waals surface area contributed by atoms with Crippen LogP contribution in [-0.2, 0) is 0 Å².